The predicted molar refractivity (Wildman–Crippen MR) is 170 cm³/mol. The van der Waals surface area contributed by atoms with Crippen LogP contribution < -0.4 is 27.5 Å². The van der Waals surface area contributed by atoms with Gasteiger partial charge >= 0.3 is 0 Å². The number of nitrogens with zero attached hydrogens (tertiary/aromatic N) is 4. The number of piperidine rings is 1. The molecule has 46 heavy (non-hydrogen) atoms. The van der Waals surface area contributed by atoms with Gasteiger partial charge in [-0.2, -0.15) is 5.10 Å². The topological polar surface area (TPSA) is 163 Å². The molecule has 1 aliphatic rings. The van der Waals surface area contributed by atoms with Crippen LogP contribution in [-0.2, 0) is 7.05 Å². The maximum absolute atomic E-state index is 15.5. The lowest BCUT2D eigenvalue weighted by atomic mass is 9.99. The zero-order chi connectivity index (χ0) is 32.5. The first-order valence-electron chi connectivity index (χ1n) is 14.5. The van der Waals surface area contributed by atoms with Gasteiger partial charge in [0, 0.05) is 53.6 Å². The Balaban J connectivity index is 1.28. The van der Waals surface area contributed by atoms with E-state index in [0.717, 1.165) is 49.7 Å². The van der Waals surface area contributed by atoms with E-state index < -0.39 is 28.9 Å². The molecule has 5 aromatic rings. The van der Waals surface area contributed by atoms with E-state index in [-0.39, 0.29) is 39.5 Å². The molecule has 0 saturated carbocycles. The lowest BCUT2D eigenvalue weighted by molar-refractivity contribution is 0.0986. The first-order valence-corrected chi connectivity index (χ1v) is 14.5. The summed E-state index contributed by atoms with van der Waals surface area (Å²) in [6.07, 6.45) is 8.42. The summed E-state index contributed by atoms with van der Waals surface area (Å²) in [7, 11) is 1.45. The number of carbonyl (C=O) groups excluding carboxylic acids is 2. The van der Waals surface area contributed by atoms with Crippen molar-refractivity contribution >= 4 is 23.3 Å². The number of anilines is 2. The molecule has 0 bridgehead atoms. The third-order valence-corrected chi connectivity index (χ3v) is 8.05. The quantitative estimate of drug-likeness (QED) is 0.212. The van der Waals surface area contributed by atoms with Crippen molar-refractivity contribution in [1.82, 2.24) is 24.6 Å². The number of aryl methyl sites for hydroxylation is 1. The third kappa shape index (κ3) is 5.87. The average Bonchev–Trinajstić information content (AvgIpc) is 3.54. The number of nitrogens with one attached hydrogen (secondary N) is 2. The van der Waals surface area contributed by atoms with E-state index in [1.807, 2.05) is 10.9 Å². The van der Waals surface area contributed by atoms with Crippen LogP contribution in [0.3, 0.4) is 0 Å². The molecule has 1 fully saturated rings. The predicted octanol–water partition coefficient (Wildman–Crippen LogP) is 4.11. The fourth-order valence-corrected chi connectivity index (χ4v) is 5.70. The van der Waals surface area contributed by atoms with Gasteiger partial charge in [0.2, 0.25) is 5.43 Å². The van der Waals surface area contributed by atoms with Crippen LogP contribution in [0, 0.1) is 11.6 Å². The van der Waals surface area contributed by atoms with Crippen LogP contribution in [0.5, 0.6) is 0 Å². The number of nitrogen functional groups attached to an aromatic ring is 1. The second-order valence-electron chi connectivity index (χ2n) is 11.1. The van der Waals surface area contributed by atoms with Gasteiger partial charge in [-0.1, -0.05) is 12.1 Å². The number of carbonyl (C=O) groups is 2. The fraction of sp³-hybridized carbons (Fsp3) is 0.182. The van der Waals surface area contributed by atoms with Gasteiger partial charge in [0.05, 0.1) is 17.8 Å². The number of hydrogen-bond donors (Lipinski definition) is 4. The van der Waals surface area contributed by atoms with Crippen molar-refractivity contribution in [1.29, 1.82) is 0 Å². The Kier molecular flexibility index (Phi) is 8.16. The number of hydrogen-bond acceptors (Lipinski definition) is 7. The van der Waals surface area contributed by atoms with Crippen LogP contribution in [0.4, 0.5) is 20.3 Å². The molecular formula is C33H30F2N8O3. The van der Waals surface area contributed by atoms with Crippen LogP contribution in [0.25, 0.3) is 33.4 Å². The normalized spacial score (nSPS) is 13.5. The highest BCUT2D eigenvalue weighted by Gasteiger charge is 2.24. The van der Waals surface area contributed by atoms with Gasteiger partial charge in [0.1, 0.15) is 28.7 Å². The smallest absolute Gasteiger partial charge is 0.266 e. The highest BCUT2D eigenvalue weighted by Crippen LogP contribution is 2.33. The zero-order valence-corrected chi connectivity index (χ0v) is 24.8. The summed E-state index contributed by atoms with van der Waals surface area (Å²) in [5, 5.41) is 10.4. The summed E-state index contributed by atoms with van der Waals surface area (Å²) in [6.45, 7) is 1.86. The Morgan fingerprint density at radius 1 is 0.957 bits per heavy atom. The first kappa shape index (κ1) is 30.3. The van der Waals surface area contributed by atoms with Gasteiger partial charge in [0.15, 0.2) is 0 Å². The molecule has 0 atom stereocenters. The highest BCUT2D eigenvalue weighted by atomic mass is 19.1. The molecule has 0 spiro atoms. The molecule has 2 amide bonds. The van der Waals surface area contributed by atoms with Crippen molar-refractivity contribution < 1.29 is 18.4 Å². The van der Waals surface area contributed by atoms with E-state index in [0.29, 0.717) is 17.2 Å². The second kappa shape index (κ2) is 12.4. The fourth-order valence-electron chi connectivity index (χ4n) is 5.70. The number of amides is 2. The standard InChI is InChI=1S/C33H30F2N8O3/c1-42-17-26(30(44)28(29(42)32(37)45)18-2-4-21(34)5-3-18)33(46)41-22-6-7-24(27(35)13-22)25-12-19(14-39-31(25)36)20-15-40-43(16-20)23-8-10-38-11-9-23/h2-7,12-17,23,38H,8-11H2,1H3,(H2,36,39)(H2,37,45)(H,41,46). The van der Waals surface area contributed by atoms with Gasteiger partial charge in [-0.05, 0) is 67.9 Å². The Hall–Kier alpha value is -5.69. The minimum atomic E-state index is -0.906. The van der Waals surface area contributed by atoms with E-state index in [9.17, 15) is 18.8 Å². The Morgan fingerprint density at radius 3 is 2.39 bits per heavy atom. The maximum Gasteiger partial charge on any atom is 0.266 e. The van der Waals surface area contributed by atoms with Gasteiger partial charge in [-0.25, -0.2) is 13.8 Å². The molecule has 1 aliphatic heterocycles. The van der Waals surface area contributed by atoms with Crippen molar-refractivity contribution in [2.45, 2.75) is 18.9 Å². The average molecular weight is 625 g/mol. The molecule has 4 heterocycles. The molecule has 1 saturated heterocycles. The summed E-state index contributed by atoms with van der Waals surface area (Å²) in [5.74, 6) is -2.86. The summed E-state index contributed by atoms with van der Waals surface area (Å²) in [6, 6.07) is 10.9. The summed E-state index contributed by atoms with van der Waals surface area (Å²) in [5.41, 5.74) is 12.6. The van der Waals surface area contributed by atoms with Crippen molar-refractivity contribution in [2.75, 3.05) is 24.1 Å². The van der Waals surface area contributed by atoms with Crippen LogP contribution in [0.15, 0.2) is 78.1 Å². The first-order chi connectivity index (χ1) is 22.1. The van der Waals surface area contributed by atoms with E-state index >= 15 is 4.39 Å². The molecule has 6 rings (SSSR count). The molecule has 3 aromatic heterocycles. The summed E-state index contributed by atoms with van der Waals surface area (Å²) < 4.78 is 32.3. The van der Waals surface area contributed by atoms with Crippen molar-refractivity contribution in [3.8, 4) is 33.4 Å². The van der Waals surface area contributed by atoms with E-state index in [1.54, 1.807) is 18.5 Å². The molecule has 11 nitrogen and oxygen atoms in total. The summed E-state index contributed by atoms with van der Waals surface area (Å²) in [4.78, 5) is 43.2. The lowest BCUT2D eigenvalue weighted by Crippen LogP contribution is -2.29. The van der Waals surface area contributed by atoms with Gasteiger partial charge in [-0.15, -0.1) is 0 Å². The Morgan fingerprint density at radius 2 is 1.70 bits per heavy atom. The SMILES string of the molecule is Cn1cc(C(=O)Nc2ccc(-c3cc(-c4cnn(C5CCNCC5)c4)cnc3N)c(F)c2)c(=O)c(-c2ccc(F)cc2)c1C(N)=O. The molecule has 234 valence electrons. The number of nitrogens with two attached hydrogens (primary N) is 2. The van der Waals surface area contributed by atoms with Crippen molar-refractivity contribution in [3.05, 3.63) is 106 Å². The number of benzene rings is 2. The van der Waals surface area contributed by atoms with E-state index in [1.165, 1.54) is 42.1 Å². The zero-order valence-electron chi connectivity index (χ0n) is 24.8. The van der Waals surface area contributed by atoms with Crippen LogP contribution >= 0.6 is 0 Å². The number of rotatable bonds is 7. The van der Waals surface area contributed by atoms with E-state index in [4.69, 9.17) is 11.5 Å². The summed E-state index contributed by atoms with van der Waals surface area (Å²) >= 11 is 0. The van der Waals surface area contributed by atoms with Crippen LogP contribution in [0.2, 0.25) is 0 Å². The number of aromatic nitrogens is 4. The minimum absolute atomic E-state index is 0.0709. The number of halogens is 2. The highest BCUT2D eigenvalue weighted by molar-refractivity contribution is 6.06. The van der Waals surface area contributed by atoms with Crippen molar-refractivity contribution in [2.24, 2.45) is 12.8 Å². The molecule has 2 aromatic carbocycles. The molecule has 6 N–H and O–H groups in total. The van der Waals surface area contributed by atoms with Gasteiger partial charge in [-0.3, -0.25) is 19.1 Å². The third-order valence-electron chi connectivity index (χ3n) is 8.05. The number of pyridine rings is 2. The van der Waals surface area contributed by atoms with Gasteiger partial charge < -0.3 is 26.7 Å². The molecular weight excluding hydrogens is 594 g/mol. The molecule has 13 heteroatoms. The van der Waals surface area contributed by atoms with Gasteiger partial charge in [0.25, 0.3) is 11.8 Å². The van der Waals surface area contributed by atoms with E-state index in [2.05, 4.69) is 20.7 Å². The lowest BCUT2D eigenvalue weighted by Gasteiger charge is -2.22. The monoisotopic (exact) mass is 624 g/mol. The molecule has 0 aliphatic carbocycles. The Labute approximate surface area is 261 Å². The van der Waals surface area contributed by atoms with Crippen LogP contribution in [-0.4, -0.2) is 44.2 Å². The largest absolute Gasteiger partial charge is 0.383 e. The minimum Gasteiger partial charge on any atom is -0.383 e. The molecule has 0 radical (unpaired) electrons. The van der Waals surface area contributed by atoms with Crippen molar-refractivity contribution in [3.63, 3.8) is 0 Å². The Bertz CT molecular complexity index is 2030. The maximum atomic E-state index is 15.5. The number of primary amides is 1. The van der Waals surface area contributed by atoms with Crippen LogP contribution in [0.1, 0.15) is 39.7 Å². The second-order valence-corrected chi connectivity index (χ2v) is 11.1. The molecule has 0 unspecified atom stereocenters.